The Morgan fingerprint density at radius 2 is 1.70 bits per heavy atom. The number of benzene rings is 2. The number of nitrogens with one attached hydrogen (secondary N) is 1. The third kappa shape index (κ3) is 6.45. The molecule has 1 N–H and O–H groups in total. The summed E-state index contributed by atoms with van der Waals surface area (Å²) in [5.74, 6) is 0.430. The minimum atomic E-state index is -0.322. The van der Waals surface area contributed by atoms with Crippen molar-refractivity contribution in [1.29, 1.82) is 0 Å². The number of carbonyl (C=O) groups is 1. The Bertz CT molecular complexity index is 1220. The molecule has 0 unspecified atom stereocenters. The molecule has 0 aliphatic rings. The van der Waals surface area contributed by atoms with Crippen LogP contribution in [0.2, 0.25) is 0 Å². The maximum Gasteiger partial charge on any atom is 0.226 e. The molecular weight excluding hydrogens is 441 g/mol. The molecule has 0 saturated heterocycles. The summed E-state index contributed by atoms with van der Waals surface area (Å²) in [6.45, 7) is 3.89. The number of rotatable bonds is 8. The summed E-state index contributed by atoms with van der Waals surface area (Å²) in [5.41, 5.74) is 3.26. The van der Waals surface area contributed by atoms with Gasteiger partial charge in [0.05, 0.1) is 0 Å². The second-order valence-electron chi connectivity index (χ2n) is 7.48. The van der Waals surface area contributed by atoms with Gasteiger partial charge in [0.1, 0.15) is 5.82 Å². The van der Waals surface area contributed by atoms with Crippen LogP contribution in [0.15, 0.2) is 69.2 Å². The van der Waals surface area contributed by atoms with E-state index in [0.29, 0.717) is 41.7 Å². The minimum Gasteiger partial charge on any atom is -0.339 e. The van der Waals surface area contributed by atoms with E-state index in [0.717, 1.165) is 22.0 Å². The third-order valence-electron chi connectivity index (χ3n) is 4.67. The number of aromatic nitrogens is 4. The molecule has 4 rings (SSSR count). The number of aryl methyl sites for hydroxylation is 3. The van der Waals surface area contributed by atoms with E-state index in [1.807, 2.05) is 44.2 Å². The zero-order chi connectivity index (χ0) is 23.2. The van der Waals surface area contributed by atoms with Gasteiger partial charge >= 0.3 is 0 Å². The summed E-state index contributed by atoms with van der Waals surface area (Å²) in [4.78, 5) is 26.4. The van der Waals surface area contributed by atoms with Crippen LogP contribution in [0.4, 0.5) is 10.1 Å². The Balaban J connectivity index is 1.24. The monoisotopic (exact) mass is 463 g/mol. The van der Waals surface area contributed by atoms with Gasteiger partial charge in [-0.05, 0) is 86.6 Å². The van der Waals surface area contributed by atoms with Crippen molar-refractivity contribution < 1.29 is 13.7 Å². The number of halogens is 1. The van der Waals surface area contributed by atoms with E-state index in [-0.39, 0.29) is 11.7 Å². The molecule has 2 aromatic carbocycles. The molecule has 0 atom stereocenters. The topological polar surface area (TPSA) is 93.8 Å². The molecule has 0 fully saturated rings. The molecule has 1 amide bonds. The van der Waals surface area contributed by atoms with Crippen LogP contribution in [0.1, 0.15) is 30.1 Å². The second kappa shape index (κ2) is 10.4. The molecule has 0 saturated carbocycles. The molecule has 7 nitrogen and oxygen atoms in total. The van der Waals surface area contributed by atoms with Crippen molar-refractivity contribution in [2.24, 2.45) is 0 Å². The van der Waals surface area contributed by atoms with Crippen LogP contribution < -0.4 is 5.32 Å². The standard InChI is InChI=1S/C24H22FN5O2S/c1-15-14-16(2)27-24(26-15)33-20-12-10-19(11-13-20)28-21(31)4-3-5-22-29-23(30-32-22)17-6-8-18(25)9-7-17/h6-14H,3-5H2,1-2H3,(H,28,31). The van der Waals surface area contributed by atoms with Gasteiger partial charge in [-0.2, -0.15) is 4.98 Å². The van der Waals surface area contributed by atoms with Crippen molar-refractivity contribution in [2.75, 3.05) is 5.32 Å². The van der Waals surface area contributed by atoms with Gasteiger partial charge in [0, 0.05) is 40.4 Å². The van der Waals surface area contributed by atoms with Crippen molar-refractivity contribution in [3.8, 4) is 11.4 Å². The van der Waals surface area contributed by atoms with Gasteiger partial charge in [-0.3, -0.25) is 4.79 Å². The molecule has 2 aromatic heterocycles. The highest BCUT2D eigenvalue weighted by molar-refractivity contribution is 7.99. The van der Waals surface area contributed by atoms with Crippen LogP contribution in [0.3, 0.4) is 0 Å². The normalized spacial score (nSPS) is 10.9. The molecule has 33 heavy (non-hydrogen) atoms. The Labute approximate surface area is 194 Å². The number of anilines is 1. The molecule has 168 valence electrons. The Morgan fingerprint density at radius 3 is 2.39 bits per heavy atom. The van der Waals surface area contributed by atoms with E-state index in [9.17, 15) is 9.18 Å². The highest BCUT2D eigenvalue weighted by Crippen LogP contribution is 2.26. The summed E-state index contributed by atoms with van der Waals surface area (Å²) in [5, 5.41) is 7.50. The summed E-state index contributed by atoms with van der Waals surface area (Å²) in [7, 11) is 0. The molecule has 0 aliphatic heterocycles. The first kappa shape index (κ1) is 22.6. The fourth-order valence-corrected chi connectivity index (χ4v) is 4.01. The van der Waals surface area contributed by atoms with Crippen LogP contribution >= 0.6 is 11.8 Å². The van der Waals surface area contributed by atoms with E-state index >= 15 is 0 Å². The van der Waals surface area contributed by atoms with E-state index in [2.05, 4.69) is 25.4 Å². The minimum absolute atomic E-state index is 0.0914. The first-order valence-corrected chi connectivity index (χ1v) is 11.2. The van der Waals surface area contributed by atoms with Crippen LogP contribution in [-0.4, -0.2) is 26.0 Å². The number of amides is 1. The van der Waals surface area contributed by atoms with Crippen molar-refractivity contribution in [1.82, 2.24) is 20.1 Å². The number of carbonyl (C=O) groups excluding carboxylic acids is 1. The van der Waals surface area contributed by atoms with E-state index in [4.69, 9.17) is 4.52 Å². The number of hydrogen-bond donors (Lipinski definition) is 1. The Hall–Kier alpha value is -3.59. The van der Waals surface area contributed by atoms with Crippen LogP contribution in [0.5, 0.6) is 0 Å². The maximum atomic E-state index is 13.0. The average molecular weight is 464 g/mol. The molecule has 0 aliphatic carbocycles. The maximum absolute atomic E-state index is 13.0. The summed E-state index contributed by atoms with van der Waals surface area (Å²) in [6, 6.07) is 15.4. The van der Waals surface area contributed by atoms with Crippen molar-refractivity contribution in [3.05, 3.63) is 77.7 Å². The highest BCUT2D eigenvalue weighted by Gasteiger charge is 2.10. The van der Waals surface area contributed by atoms with Gasteiger partial charge in [0.15, 0.2) is 5.16 Å². The Morgan fingerprint density at radius 1 is 1.00 bits per heavy atom. The quantitative estimate of drug-likeness (QED) is 0.350. The molecule has 0 radical (unpaired) electrons. The first-order valence-electron chi connectivity index (χ1n) is 10.4. The van der Waals surface area contributed by atoms with Gasteiger partial charge in [0.2, 0.25) is 17.6 Å². The van der Waals surface area contributed by atoms with Crippen LogP contribution in [0, 0.1) is 19.7 Å². The number of hydrogen-bond acceptors (Lipinski definition) is 7. The van der Waals surface area contributed by atoms with Crippen LogP contribution in [0.25, 0.3) is 11.4 Å². The predicted molar refractivity (Wildman–Crippen MR) is 123 cm³/mol. The molecule has 0 spiro atoms. The fraction of sp³-hybridized carbons (Fsp3) is 0.208. The molecule has 2 heterocycles. The second-order valence-corrected chi connectivity index (χ2v) is 8.52. The zero-order valence-corrected chi connectivity index (χ0v) is 19.0. The summed E-state index contributed by atoms with van der Waals surface area (Å²) in [6.07, 6.45) is 1.36. The summed E-state index contributed by atoms with van der Waals surface area (Å²) >= 11 is 1.48. The fourth-order valence-electron chi connectivity index (χ4n) is 3.15. The SMILES string of the molecule is Cc1cc(C)nc(Sc2ccc(NC(=O)CCCc3nc(-c4ccc(F)cc4)no3)cc2)n1. The largest absolute Gasteiger partial charge is 0.339 e. The van der Waals surface area contributed by atoms with E-state index < -0.39 is 0 Å². The van der Waals surface area contributed by atoms with E-state index in [1.165, 1.54) is 23.9 Å². The van der Waals surface area contributed by atoms with Gasteiger partial charge in [-0.1, -0.05) is 5.16 Å². The van der Waals surface area contributed by atoms with Gasteiger partial charge in [-0.15, -0.1) is 0 Å². The zero-order valence-electron chi connectivity index (χ0n) is 18.2. The third-order valence-corrected chi connectivity index (χ3v) is 5.55. The molecule has 9 heteroatoms. The van der Waals surface area contributed by atoms with Crippen molar-refractivity contribution >= 4 is 23.4 Å². The van der Waals surface area contributed by atoms with Crippen molar-refractivity contribution in [3.63, 3.8) is 0 Å². The predicted octanol–water partition coefficient (Wildman–Crippen LogP) is 5.40. The molecular formula is C24H22FN5O2S. The van der Waals surface area contributed by atoms with Gasteiger partial charge in [-0.25, -0.2) is 14.4 Å². The van der Waals surface area contributed by atoms with Gasteiger partial charge < -0.3 is 9.84 Å². The van der Waals surface area contributed by atoms with Crippen LogP contribution in [-0.2, 0) is 11.2 Å². The molecule has 0 bridgehead atoms. The summed E-state index contributed by atoms with van der Waals surface area (Å²) < 4.78 is 18.3. The first-order chi connectivity index (χ1) is 15.9. The van der Waals surface area contributed by atoms with Gasteiger partial charge in [0.25, 0.3) is 0 Å². The average Bonchev–Trinajstić information content (AvgIpc) is 3.24. The highest BCUT2D eigenvalue weighted by atomic mass is 32.2. The Kier molecular flexibility index (Phi) is 7.09. The smallest absolute Gasteiger partial charge is 0.226 e. The number of nitrogens with zero attached hydrogens (tertiary/aromatic N) is 4. The molecule has 4 aromatic rings. The lowest BCUT2D eigenvalue weighted by atomic mass is 10.2. The van der Waals surface area contributed by atoms with E-state index in [1.54, 1.807) is 12.1 Å². The lowest BCUT2D eigenvalue weighted by molar-refractivity contribution is -0.116. The lowest BCUT2D eigenvalue weighted by Gasteiger charge is -2.06. The van der Waals surface area contributed by atoms with Crippen molar-refractivity contribution in [2.45, 2.75) is 43.2 Å². The lowest BCUT2D eigenvalue weighted by Crippen LogP contribution is -2.11.